The summed E-state index contributed by atoms with van der Waals surface area (Å²) in [4.78, 5) is 10.5. The Morgan fingerprint density at radius 1 is 1.39 bits per heavy atom. The number of piperidine rings is 1. The zero-order valence-corrected chi connectivity index (χ0v) is 10.7. The SMILES string of the molecule is COc1cc(N2CCC(OCCN)CC2)ncn1. The Labute approximate surface area is 107 Å². The van der Waals surface area contributed by atoms with Crippen LogP contribution in [0.1, 0.15) is 12.8 Å². The molecule has 2 N–H and O–H groups in total. The van der Waals surface area contributed by atoms with E-state index in [1.807, 2.05) is 6.07 Å². The molecule has 1 fully saturated rings. The Hall–Kier alpha value is -1.40. The van der Waals surface area contributed by atoms with Gasteiger partial charge in [-0.25, -0.2) is 9.97 Å². The van der Waals surface area contributed by atoms with Crippen LogP contribution in [0.3, 0.4) is 0 Å². The van der Waals surface area contributed by atoms with Gasteiger partial charge in [0, 0.05) is 25.7 Å². The summed E-state index contributed by atoms with van der Waals surface area (Å²) in [5.41, 5.74) is 5.43. The minimum absolute atomic E-state index is 0.327. The Kier molecular flexibility index (Phi) is 4.72. The van der Waals surface area contributed by atoms with Crippen LogP contribution in [0.15, 0.2) is 12.4 Å². The van der Waals surface area contributed by atoms with E-state index in [2.05, 4.69) is 14.9 Å². The smallest absolute Gasteiger partial charge is 0.218 e. The molecule has 6 nitrogen and oxygen atoms in total. The summed E-state index contributed by atoms with van der Waals surface area (Å²) in [6.07, 6.45) is 3.87. The average molecular weight is 252 g/mol. The molecule has 1 aliphatic rings. The molecule has 0 atom stereocenters. The van der Waals surface area contributed by atoms with Crippen LogP contribution in [0.25, 0.3) is 0 Å². The standard InChI is InChI=1S/C12H20N4O2/c1-17-12-8-11(14-9-15-12)16-5-2-10(3-6-16)18-7-4-13/h8-10H,2-7,13H2,1H3. The van der Waals surface area contributed by atoms with Gasteiger partial charge in [-0.2, -0.15) is 0 Å². The van der Waals surface area contributed by atoms with E-state index in [1.165, 1.54) is 6.33 Å². The predicted molar refractivity (Wildman–Crippen MR) is 68.8 cm³/mol. The van der Waals surface area contributed by atoms with E-state index in [1.54, 1.807) is 7.11 Å². The van der Waals surface area contributed by atoms with E-state index in [4.69, 9.17) is 15.2 Å². The predicted octanol–water partition coefficient (Wildman–Crippen LogP) is 0.429. The lowest BCUT2D eigenvalue weighted by Gasteiger charge is -2.32. The van der Waals surface area contributed by atoms with Gasteiger partial charge in [0.15, 0.2) is 0 Å². The van der Waals surface area contributed by atoms with Crippen LogP contribution in [-0.2, 0) is 4.74 Å². The Morgan fingerprint density at radius 2 is 2.17 bits per heavy atom. The van der Waals surface area contributed by atoms with Crippen molar-refractivity contribution < 1.29 is 9.47 Å². The number of hydrogen-bond donors (Lipinski definition) is 1. The number of nitrogens with zero attached hydrogens (tertiary/aromatic N) is 3. The van der Waals surface area contributed by atoms with E-state index in [0.29, 0.717) is 25.1 Å². The van der Waals surface area contributed by atoms with Gasteiger partial charge in [0.05, 0.1) is 19.8 Å². The lowest BCUT2D eigenvalue weighted by atomic mass is 10.1. The maximum atomic E-state index is 5.65. The maximum absolute atomic E-state index is 5.65. The minimum Gasteiger partial charge on any atom is -0.481 e. The molecule has 0 aliphatic carbocycles. The molecule has 0 radical (unpaired) electrons. The fourth-order valence-electron chi connectivity index (χ4n) is 2.10. The summed E-state index contributed by atoms with van der Waals surface area (Å²) < 4.78 is 10.8. The number of methoxy groups -OCH3 is 1. The molecule has 100 valence electrons. The Morgan fingerprint density at radius 3 is 2.83 bits per heavy atom. The van der Waals surface area contributed by atoms with Gasteiger partial charge in [-0.15, -0.1) is 0 Å². The number of anilines is 1. The molecule has 0 amide bonds. The normalized spacial score (nSPS) is 16.9. The van der Waals surface area contributed by atoms with Gasteiger partial charge >= 0.3 is 0 Å². The van der Waals surface area contributed by atoms with Crippen molar-refractivity contribution in [3.8, 4) is 5.88 Å². The summed E-state index contributed by atoms with van der Waals surface area (Å²) in [6, 6.07) is 1.86. The summed E-state index contributed by atoms with van der Waals surface area (Å²) in [6.45, 7) is 3.11. The molecule has 6 heteroatoms. The lowest BCUT2D eigenvalue weighted by Crippen LogP contribution is -2.38. The molecule has 2 heterocycles. The molecule has 0 saturated carbocycles. The van der Waals surface area contributed by atoms with Gasteiger partial charge in [-0.05, 0) is 12.8 Å². The number of nitrogens with two attached hydrogens (primary N) is 1. The van der Waals surface area contributed by atoms with E-state index < -0.39 is 0 Å². The van der Waals surface area contributed by atoms with E-state index >= 15 is 0 Å². The van der Waals surface area contributed by atoms with Crippen molar-refractivity contribution in [2.24, 2.45) is 5.73 Å². The summed E-state index contributed by atoms with van der Waals surface area (Å²) >= 11 is 0. The average Bonchev–Trinajstić information content (AvgIpc) is 2.46. The third-order valence-corrected chi connectivity index (χ3v) is 3.07. The molecule has 0 unspecified atom stereocenters. The minimum atomic E-state index is 0.327. The molecule has 0 spiro atoms. The second kappa shape index (κ2) is 6.51. The van der Waals surface area contributed by atoms with Crippen molar-refractivity contribution in [3.05, 3.63) is 12.4 Å². The zero-order valence-electron chi connectivity index (χ0n) is 10.7. The van der Waals surface area contributed by atoms with Gasteiger partial charge in [-0.3, -0.25) is 0 Å². The Balaban J connectivity index is 1.88. The van der Waals surface area contributed by atoms with Gasteiger partial charge < -0.3 is 20.1 Å². The number of aromatic nitrogens is 2. The molecule has 18 heavy (non-hydrogen) atoms. The molecule has 1 aromatic rings. The van der Waals surface area contributed by atoms with Crippen LogP contribution < -0.4 is 15.4 Å². The number of ether oxygens (including phenoxy) is 2. The Bertz CT molecular complexity index is 367. The van der Waals surface area contributed by atoms with Gasteiger partial charge in [-0.1, -0.05) is 0 Å². The van der Waals surface area contributed by atoms with Crippen molar-refractivity contribution in [2.45, 2.75) is 18.9 Å². The second-order valence-electron chi connectivity index (χ2n) is 4.26. The van der Waals surface area contributed by atoms with Gasteiger partial charge in [0.25, 0.3) is 0 Å². The number of hydrogen-bond acceptors (Lipinski definition) is 6. The monoisotopic (exact) mass is 252 g/mol. The highest BCUT2D eigenvalue weighted by Crippen LogP contribution is 2.21. The van der Waals surface area contributed by atoms with Gasteiger partial charge in [0.2, 0.25) is 5.88 Å². The van der Waals surface area contributed by atoms with Crippen molar-refractivity contribution in [1.82, 2.24) is 9.97 Å². The summed E-state index contributed by atoms with van der Waals surface area (Å²) in [7, 11) is 1.61. The summed E-state index contributed by atoms with van der Waals surface area (Å²) in [5, 5.41) is 0. The molecule has 1 aliphatic heterocycles. The molecular formula is C12H20N4O2. The third-order valence-electron chi connectivity index (χ3n) is 3.07. The van der Waals surface area contributed by atoms with Crippen molar-refractivity contribution in [1.29, 1.82) is 0 Å². The highest BCUT2D eigenvalue weighted by Gasteiger charge is 2.20. The first-order chi connectivity index (χ1) is 8.83. The molecule has 1 aromatic heterocycles. The highest BCUT2D eigenvalue weighted by molar-refractivity contribution is 5.41. The van der Waals surface area contributed by atoms with Crippen LogP contribution in [0.5, 0.6) is 5.88 Å². The van der Waals surface area contributed by atoms with Crippen LogP contribution in [0, 0.1) is 0 Å². The quantitative estimate of drug-likeness (QED) is 0.819. The van der Waals surface area contributed by atoms with E-state index in [-0.39, 0.29) is 0 Å². The first-order valence-corrected chi connectivity index (χ1v) is 6.26. The van der Waals surface area contributed by atoms with Crippen LogP contribution >= 0.6 is 0 Å². The first-order valence-electron chi connectivity index (χ1n) is 6.26. The third kappa shape index (κ3) is 3.30. The van der Waals surface area contributed by atoms with E-state index in [0.717, 1.165) is 31.7 Å². The summed E-state index contributed by atoms with van der Waals surface area (Å²) in [5.74, 6) is 1.51. The molecule has 2 rings (SSSR count). The largest absolute Gasteiger partial charge is 0.481 e. The van der Waals surface area contributed by atoms with E-state index in [9.17, 15) is 0 Å². The van der Waals surface area contributed by atoms with Crippen molar-refractivity contribution in [3.63, 3.8) is 0 Å². The first kappa shape index (κ1) is 13.0. The van der Waals surface area contributed by atoms with Crippen molar-refractivity contribution >= 4 is 5.82 Å². The molecule has 0 aromatic carbocycles. The molecular weight excluding hydrogens is 232 g/mol. The molecule has 1 saturated heterocycles. The maximum Gasteiger partial charge on any atom is 0.218 e. The van der Waals surface area contributed by atoms with Crippen LogP contribution in [-0.4, -0.2) is 49.4 Å². The van der Waals surface area contributed by atoms with Crippen molar-refractivity contribution in [2.75, 3.05) is 38.3 Å². The number of rotatable bonds is 5. The fourth-order valence-corrected chi connectivity index (χ4v) is 2.10. The zero-order chi connectivity index (χ0) is 12.8. The highest BCUT2D eigenvalue weighted by atomic mass is 16.5. The molecule has 0 bridgehead atoms. The fraction of sp³-hybridized carbons (Fsp3) is 0.667. The lowest BCUT2D eigenvalue weighted by molar-refractivity contribution is 0.0421. The van der Waals surface area contributed by atoms with Crippen LogP contribution in [0.2, 0.25) is 0 Å². The second-order valence-corrected chi connectivity index (χ2v) is 4.26. The van der Waals surface area contributed by atoms with Crippen LogP contribution in [0.4, 0.5) is 5.82 Å². The van der Waals surface area contributed by atoms with Gasteiger partial charge in [0.1, 0.15) is 12.1 Å². The topological polar surface area (TPSA) is 73.5 Å².